The van der Waals surface area contributed by atoms with Gasteiger partial charge in [-0.2, -0.15) is 0 Å². The fourth-order valence-corrected chi connectivity index (χ4v) is 1.27. The zero-order valence-electron chi connectivity index (χ0n) is 9.19. The van der Waals surface area contributed by atoms with Gasteiger partial charge in [-0.05, 0) is 12.1 Å². The number of hydrogen-bond acceptors (Lipinski definition) is 5. The van der Waals surface area contributed by atoms with Gasteiger partial charge in [0, 0.05) is 5.56 Å². The highest BCUT2D eigenvalue weighted by Gasteiger charge is 2.10. The number of aromatic nitrogens is 2. The van der Waals surface area contributed by atoms with Crippen LogP contribution in [0.3, 0.4) is 0 Å². The smallest absolute Gasteiger partial charge is 0.315 e. The fourth-order valence-electron chi connectivity index (χ4n) is 1.27. The molecule has 1 aromatic carbocycles. The maximum Gasteiger partial charge on any atom is 0.315 e. The summed E-state index contributed by atoms with van der Waals surface area (Å²) in [4.78, 5) is 0. The highest BCUT2D eigenvalue weighted by Crippen LogP contribution is 2.14. The van der Waals surface area contributed by atoms with E-state index in [-0.39, 0.29) is 43.0 Å². The van der Waals surface area contributed by atoms with Crippen LogP contribution in [0.25, 0.3) is 0 Å². The van der Waals surface area contributed by atoms with Crippen molar-refractivity contribution in [2.45, 2.75) is 13.1 Å². The molecule has 0 fully saturated rings. The molecule has 2 rings (SSSR count). The van der Waals surface area contributed by atoms with Crippen molar-refractivity contribution in [1.29, 1.82) is 0 Å². The van der Waals surface area contributed by atoms with Gasteiger partial charge in [0.2, 0.25) is 5.89 Å². The van der Waals surface area contributed by atoms with Gasteiger partial charge in [-0.25, -0.2) is 8.78 Å². The van der Waals surface area contributed by atoms with Crippen LogP contribution in [0.5, 0.6) is 0 Å². The molecule has 0 aliphatic heterocycles. The largest absolute Gasteiger partial charge is 0.407 e. The number of nitrogens with two attached hydrogens (primary N) is 1. The molecule has 0 unspecified atom stereocenters. The van der Waals surface area contributed by atoms with Crippen molar-refractivity contribution in [2.24, 2.45) is 5.73 Å². The van der Waals surface area contributed by atoms with E-state index in [9.17, 15) is 8.78 Å². The third-order valence-corrected chi connectivity index (χ3v) is 2.12. The van der Waals surface area contributed by atoms with E-state index in [1.165, 1.54) is 18.2 Å². The Bertz CT molecular complexity index is 500. The van der Waals surface area contributed by atoms with Crippen molar-refractivity contribution < 1.29 is 13.2 Å². The number of rotatable bonds is 4. The zero-order chi connectivity index (χ0) is 12.3. The van der Waals surface area contributed by atoms with Gasteiger partial charge in [-0.15, -0.1) is 17.5 Å². The highest BCUT2D eigenvalue weighted by molar-refractivity contribution is 5.85. The lowest BCUT2D eigenvalue weighted by Gasteiger charge is -2.04. The van der Waals surface area contributed by atoms with E-state index in [1.807, 2.05) is 0 Å². The van der Waals surface area contributed by atoms with Crippen LogP contribution >= 0.6 is 12.4 Å². The molecule has 0 saturated heterocycles. The summed E-state index contributed by atoms with van der Waals surface area (Å²) in [5.74, 6) is -1.01. The summed E-state index contributed by atoms with van der Waals surface area (Å²) < 4.78 is 31.5. The summed E-state index contributed by atoms with van der Waals surface area (Å²) in [6.07, 6.45) is 0. The van der Waals surface area contributed by atoms with Gasteiger partial charge in [0.05, 0.1) is 13.1 Å². The van der Waals surface area contributed by atoms with Gasteiger partial charge in [0.1, 0.15) is 11.6 Å². The van der Waals surface area contributed by atoms with Crippen molar-refractivity contribution in [1.82, 2.24) is 10.2 Å². The number of halogens is 3. The van der Waals surface area contributed by atoms with Crippen molar-refractivity contribution in [3.63, 3.8) is 0 Å². The Morgan fingerprint density at radius 3 is 2.44 bits per heavy atom. The molecule has 0 atom stereocenters. The van der Waals surface area contributed by atoms with Gasteiger partial charge >= 0.3 is 6.01 Å². The van der Waals surface area contributed by atoms with Crippen LogP contribution in [0, 0.1) is 11.6 Å². The van der Waals surface area contributed by atoms with Crippen LogP contribution in [-0.4, -0.2) is 10.2 Å². The number of nitrogens with one attached hydrogen (secondary N) is 1. The maximum absolute atomic E-state index is 13.3. The molecule has 0 amide bonds. The maximum atomic E-state index is 13.3. The Balaban J connectivity index is 0.00000162. The summed E-state index contributed by atoms with van der Waals surface area (Å²) in [6, 6.07) is 3.74. The second-order valence-corrected chi connectivity index (χ2v) is 3.26. The topological polar surface area (TPSA) is 77.0 Å². The van der Waals surface area contributed by atoms with E-state index in [2.05, 4.69) is 15.5 Å². The minimum atomic E-state index is -0.629. The van der Waals surface area contributed by atoms with Gasteiger partial charge in [-0.3, -0.25) is 0 Å². The monoisotopic (exact) mass is 276 g/mol. The van der Waals surface area contributed by atoms with E-state index < -0.39 is 11.6 Å². The molecule has 0 bridgehead atoms. The predicted molar refractivity (Wildman–Crippen MR) is 63.1 cm³/mol. The summed E-state index contributed by atoms with van der Waals surface area (Å²) in [5.41, 5.74) is 5.19. The molecule has 0 aliphatic carbocycles. The van der Waals surface area contributed by atoms with Gasteiger partial charge in [0.25, 0.3) is 0 Å². The lowest BCUT2D eigenvalue weighted by Crippen LogP contribution is -2.04. The van der Waals surface area contributed by atoms with E-state index in [4.69, 9.17) is 10.2 Å². The molecule has 8 heteroatoms. The molecule has 0 aliphatic rings. The second-order valence-electron chi connectivity index (χ2n) is 3.26. The van der Waals surface area contributed by atoms with Crippen molar-refractivity contribution >= 4 is 18.4 Å². The first-order chi connectivity index (χ1) is 8.20. The number of anilines is 1. The molecule has 2 aromatic rings. The van der Waals surface area contributed by atoms with Crippen molar-refractivity contribution in [3.8, 4) is 0 Å². The fraction of sp³-hybridized carbons (Fsp3) is 0.200. The average Bonchev–Trinajstić information content (AvgIpc) is 2.76. The van der Waals surface area contributed by atoms with Gasteiger partial charge in [-0.1, -0.05) is 11.2 Å². The molecule has 1 aromatic heterocycles. The first kappa shape index (κ1) is 14.3. The second kappa shape index (κ2) is 6.27. The SMILES string of the molecule is Cl.NCc1nnc(NCc2c(F)cccc2F)o1. The van der Waals surface area contributed by atoms with Gasteiger partial charge < -0.3 is 15.5 Å². The zero-order valence-corrected chi connectivity index (χ0v) is 10.0. The molecular weight excluding hydrogens is 266 g/mol. The Morgan fingerprint density at radius 1 is 1.22 bits per heavy atom. The van der Waals surface area contributed by atoms with Crippen LogP contribution in [0.2, 0.25) is 0 Å². The third kappa shape index (κ3) is 3.14. The Morgan fingerprint density at radius 2 is 1.89 bits per heavy atom. The lowest BCUT2D eigenvalue weighted by atomic mass is 10.2. The molecule has 5 nitrogen and oxygen atoms in total. The van der Waals surface area contributed by atoms with Crippen LogP contribution in [0.1, 0.15) is 11.5 Å². The standard InChI is InChI=1S/C10H10F2N4O.ClH/c11-7-2-1-3-8(12)6(7)5-14-10-16-15-9(4-13)17-10;/h1-3H,4-5,13H2,(H,14,16);1H. The Labute approximate surface area is 108 Å². The average molecular weight is 277 g/mol. The molecule has 0 radical (unpaired) electrons. The molecule has 1 heterocycles. The molecular formula is C10H11ClF2N4O. The van der Waals surface area contributed by atoms with E-state index in [1.54, 1.807) is 0 Å². The lowest BCUT2D eigenvalue weighted by molar-refractivity contribution is 0.504. The molecule has 0 saturated carbocycles. The summed E-state index contributed by atoms with van der Waals surface area (Å²) in [7, 11) is 0. The molecule has 3 N–H and O–H groups in total. The Kier molecular flexibility index (Phi) is 4.99. The number of benzene rings is 1. The summed E-state index contributed by atoms with van der Waals surface area (Å²) in [5, 5.41) is 9.83. The minimum absolute atomic E-state index is 0. The molecule has 98 valence electrons. The first-order valence-corrected chi connectivity index (χ1v) is 4.90. The van der Waals surface area contributed by atoms with Crippen LogP contribution in [-0.2, 0) is 13.1 Å². The summed E-state index contributed by atoms with van der Waals surface area (Å²) >= 11 is 0. The molecule has 18 heavy (non-hydrogen) atoms. The summed E-state index contributed by atoms with van der Waals surface area (Å²) in [6.45, 7) is 0.0352. The first-order valence-electron chi connectivity index (χ1n) is 4.90. The highest BCUT2D eigenvalue weighted by atomic mass is 35.5. The van der Waals surface area contributed by atoms with Gasteiger partial charge in [0.15, 0.2) is 0 Å². The third-order valence-electron chi connectivity index (χ3n) is 2.12. The quantitative estimate of drug-likeness (QED) is 0.891. The number of hydrogen-bond donors (Lipinski definition) is 2. The number of nitrogens with zero attached hydrogens (tertiary/aromatic N) is 2. The van der Waals surface area contributed by atoms with E-state index in [0.717, 1.165) is 0 Å². The normalized spacial score (nSPS) is 9.94. The van der Waals surface area contributed by atoms with Crippen molar-refractivity contribution in [3.05, 3.63) is 41.3 Å². The minimum Gasteiger partial charge on any atom is -0.407 e. The van der Waals surface area contributed by atoms with Crippen LogP contribution in [0.15, 0.2) is 22.6 Å². The van der Waals surface area contributed by atoms with E-state index >= 15 is 0 Å². The predicted octanol–water partition coefficient (Wildman–Crippen LogP) is 1.84. The van der Waals surface area contributed by atoms with E-state index in [0.29, 0.717) is 0 Å². The van der Waals surface area contributed by atoms with Crippen LogP contribution < -0.4 is 11.1 Å². The van der Waals surface area contributed by atoms with Crippen LogP contribution in [0.4, 0.5) is 14.8 Å². The molecule has 0 spiro atoms. The Hall–Kier alpha value is -1.73. The van der Waals surface area contributed by atoms with Crippen molar-refractivity contribution in [2.75, 3.05) is 5.32 Å².